The summed E-state index contributed by atoms with van der Waals surface area (Å²) in [5.74, 6) is 0.803. The van der Waals surface area contributed by atoms with Crippen LogP contribution in [-0.4, -0.2) is 66.6 Å². The number of fused-ring (bicyclic) bond motifs is 6. The third-order valence-corrected chi connectivity index (χ3v) is 8.53. The van der Waals surface area contributed by atoms with Crippen molar-refractivity contribution in [3.8, 4) is 22.6 Å². The van der Waals surface area contributed by atoms with Gasteiger partial charge in [-0.25, -0.2) is 0 Å². The van der Waals surface area contributed by atoms with E-state index in [1.54, 1.807) is 14.2 Å². The standard InChI is InChI=1S/C31H39NO7/c1-18(33)38-23-11-8-20-9-12-28(36-3)24(14-20)25-15-21(10-13-29(25)37-4)27-17-30(39-19(2)34)31(35)26-7-5-6-22(16-23)32(26)27/h9-10,12-15,22-23,26-27,30-31,35H,5-8,11,16-17H2,1-4H3/t22-,23-,26+,27-,30+,31+/m1/s1. The van der Waals surface area contributed by atoms with E-state index in [0.29, 0.717) is 19.3 Å². The van der Waals surface area contributed by atoms with Crippen LogP contribution in [0.3, 0.4) is 0 Å². The quantitative estimate of drug-likeness (QED) is 0.566. The number of carbonyl (C=O) groups is 2. The largest absolute Gasteiger partial charge is 0.496 e. The first-order valence-corrected chi connectivity index (χ1v) is 13.9. The van der Waals surface area contributed by atoms with Gasteiger partial charge in [-0.15, -0.1) is 0 Å². The second-order valence-electron chi connectivity index (χ2n) is 11.0. The molecule has 2 fully saturated rings. The van der Waals surface area contributed by atoms with Crippen molar-refractivity contribution in [3.63, 3.8) is 0 Å². The van der Waals surface area contributed by atoms with E-state index in [9.17, 15) is 14.7 Å². The minimum absolute atomic E-state index is 0.106. The predicted molar refractivity (Wildman–Crippen MR) is 146 cm³/mol. The number of nitrogens with zero attached hydrogens (tertiary/aromatic N) is 1. The molecule has 2 aromatic rings. The van der Waals surface area contributed by atoms with Gasteiger partial charge in [0.25, 0.3) is 0 Å². The number of benzene rings is 2. The highest BCUT2D eigenvalue weighted by Crippen LogP contribution is 2.46. The number of ether oxygens (including phenoxy) is 4. The van der Waals surface area contributed by atoms with E-state index >= 15 is 0 Å². The SMILES string of the molecule is COc1ccc2cc1-c1cc(ccc1OC)[C@H]1C[C@H](OC(C)=O)[C@@H](O)[C@@H]3CCC[C@H](C[C@H](OC(C)=O)CC2)N13. The van der Waals surface area contributed by atoms with Crippen LogP contribution in [0, 0.1) is 0 Å². The number of rotatable bonds is 4. The Bertz CT molecular complexity index is 1210. The molecule has 5 rings (SSSR count). The van der Waals surface area contributed by atoms with Gasteiger partial charge in [-0.2, -0.15) is 0 Å². The van der Waals surface area contributed by atoms with Gasteiger partial charge in [-0.1, -0.05) is 18.6 Å². The van der Waals surface area contributed by atoms with Gasteiger partial charge in [-0.05, 0) is 67.5 Å². The molecule has 0 spiro atoms. The molecule has 0 saturated carbocycles. The molecule has 0 aliphatic carbocycles. The molecule has 2 aromatic carbocycles. The molecule has 39 heavy (non-hydrogen) atoms. The number of aryl methyl sites for hydroxylation is 1. The fourth-order valence-corrected chi connectivity index (χ4v) is 6.93. The van der Waals surface area contributed by atoms with Crippen LogP contribution in [0.25, 0.3) is 11.1 Å². The van der Waals surface area contributed by atoms with Gasteiger partial charge in [0.1, 0.15) is 29.8 Å². The second kappa shape index (κ2) is 11.6. The molecule has 0 radical (unpaired) electrons. The van der Waals surface area contributed by atoms with Crippen LogP contribution < -0.4 is 9.47 Å². The monoisotopic (exact) mass is 537 g/mol. The Kier molecular flexibility index (Phi) is 8.14. The zero-order valence-electron chi connectivity index (χ0n) is 23.2. The van der Waals surface area contributed by atoms with Crippen molar-refractivity contribution in [2.24, 2.45) is 0 Å². The lowest BCUT2D eigenvalue weighted by Crippen LogP contribution is -2.61. The van der Waals surface area contributed by atoms with Crippen molar-refractivity contribution in [2.75, 3.05) is 14.2 Å². The van der Waals surface area contributed by atoms with E-state index in [4.69, 9.17) is 18.9 Å². The Morgan fingerprint density at radius 3 is 2.26 bits per heavy atom. The maximum atomic E-state index is 12.1. The maximum Gasteiger partial charge on any atom is 0.302 e. The summed E-state index contributed by atoms with van der Waals surface area (Å²) in [6.45, 7) is 2.85. The van der Waals surface area contributed by atoms with Gasteiger partial charge in [0.2, 0.25) is 0 Å². The highest BCUT2D eigenvalue weighted by Gasteiger charge is 2.49. The van der Waals surface area contributed by atoms with Crippen LogP contribution in [-0.2, 0) is 25.5 Å². The van der Waals surface area contributed by atoms with E-state index < -0.39 is 18.2 Å². The summed E-state index contributed by atoms with van der Waals surface area (Å²) in [6.07, 6.45) is 3.65. The minimum atomic E-state index is -0.788. The van der Waals surface area contributed by atoms with Crippen molar-refractivity contribution in [1.82, 2.24) is 4.90 Å². The van der Waals surface area contributed by atoms with Crippen molar-refractivity contribution in [2.45, 2.75) is 95.2 Å². The fraction of sp³-hybridized carbons (Fsp3) is 0.548. The summed E-state index contributed by atoms with van der Waals surface area (Å²) < 4.78 is 23.1. The van der Waals surface area contributed by atoms with Gasteiger partial charge >= 0.3 is 11.9 Å². The first kappa shape index (κ1) is 27.5. The number of aliphatic hydroxyl groups excluding tert-OH is 1. The number of esters is 2. The molecular formula is C31H39NO7. The summed E-state index contributed by atoms with van der Waals surface area (Å²) >= 11 is 0. The first-order chi connectivity index (χ1) is 18.8. The molecule has 3 heterocycles. The molecule has 1 N–H and O–H groups in total. The Labute approximate surface area is 230 Å². The molecule has 8 nitrogen and oxygen atoms in total. The molecule has 2 saturated heterocycles. The predicted octanol–water partition coefficient (Wildman–Crippen LogP) is 4.60. The van der Waals surface area contributed by atoms with Crippen LogP contribution in [0.5, 0.6) is 11.5 Å². The van der Waals surface area contributed by atoms with Crippen LogP contribution >= 0.6 is 0 Å². The second-order valence-corrected chi connectivity index (χ2v) is 11.0. The van der Waals surface area contributed by atoms with E-state index in [-0.39, 0.29) is 30.2 Å². The van der Waals surface area contributed by atoms with E-state index in [2.05, 4.69) is 29.2 Å². The summed E-state index contributed by atoms with van der Waals surface area (Å²) in [5.41, 5.74) is 4.03. The minimum Gasteiger partial charge on any atom is -0.496 e. The molecule has 3 aliphatic rings. The number of hydrogen-bond donors (Lipinski definition) is 1. The van der Waals surface area contributed by atoms with Crippen molar-refractivity contribution >= 4 is 11.9 Å². The van der Waals surface area contributed by atoms with Gasteiger partial charge < -0.3 is 24.1 Å². The highest BCUT2D eigenvalue weighted by atomic mass is 16.6. The Hall–Kier alpha value is -3.10. The zero-order valence-corrected chi connectivity index (χ0v) is 23.2. The van der Waals surface area contributed by atoms with Gasteiger partial charge in [-0.3, -0.25) is 14.5 Å². The van der Waals surface area contributed by atoms with Gasteiger partial charge in [0, 0.05) is 49.5 Å². The highest BCUT2D eigenvalue weighted by molar-refractivity contribution is 5.77. The number of hydrogen-bond acceptors (Lipinski definition) is 8. The number of carbonyl (C=O) groups excluding carboxylic acids is 2. The molecule has 3 aliphatic heterocycles. The summed E-state index contributed by atoms with van der Waals surface area (Å²) in [7, 11) is 3.33. The van der Waals surface area contributed by atoms with Crippen LogP contribution in [0.4, 0.5) is 0 Å². The lowest BCUT2D eigenvalue weighted by molar-refractivity contribution is -0.175. The normalized spacial score (nSPS) is 28.5. The van der Waals surface area contributed by atoms with Crippen molar-refractivity contribution in [3.05, 3.63) is 47.5 Å². The summed E-state index contributed by atoms with van der Waals surface area (Å²) in [4.78, 5) is 26.5. The number of piperidine rings is 2. The van der Waals surface area contributed by atoms with Gasteiger partial charge in [0.15, 0.2) is 0 Å². The summed E-state index contributed by atoms with van der Waals surface area (Å²) in [5, 5.41) is 11.4. The fourth-order valence-electron chi connectivity index (χ4n) is 6.93. The average molecular weight is 538 g/mol. The van der Waals surface area contributed by atoms with Crippen molar-refractivity contribution in [1.29, 1.82) is 0 Å². The van der Waals surface area contributed by atoms with E-state index in [0.717, 1.165) is 59.4 Å². The number of aliphatic hydroxyl groups is 1. The molecule has 0 unspecified atom stereocenters. The molecule has 6 atom stereocenters. The third kappa shape index (κ3) is 5.63. The molecule has 210 valence electrons. The maximum absolute atomic E-state index is 12.1. The van der Waals surface area contributed by atoms with Crippen molar-refractivity contribution < 1.29 is 33.6 Å². The third-order valence-electron chi connectivity index (χ3n) is 8.53. The number of methoxy groups -OCH3 is 2. The van der Waals surface area contributed by atoms with Crippen LogP contribution in [0.1, 0.15) is 69.5 Å². The molecular weight excluding hydrogens is 498 g/mol. The Morgan fingerprint density at radius 2 is 1.56 bits per heavy atom. The first-order valence-electron chi connectivity index (χ1n) is 13.9. The Balaban J connectivity index is 1.68. The average Bonchev–Trinajstić information content (AvgIpc) is 2.92. The lowest BCUT2D eigenvalue weighted by Gasteiger charge is -2.54. The molecule has 0 amide bonds. The topological polar surface area (TPSA) is 94.5 Å². The molecule has 4 bridgehead atoms. The smallest absolute Gasteiger partial charge is 0.302 e. The van der Waals surface area contributed by atoms with Crippen LogP contribution in [0.15, 0.2) is 36.4 Å². The summed E-state index contributed by atoms with van der Waals surface area (Å²) in [6, 6.07) is 12.2. The van der Waals surface area contributed by atoms with Crippen LogP contribution in [0.2, 0.25) is 0 Å². The van der Waals surface area contributed by atoms with E-state index in [1.165, 1.54) is 13.8 Å². The molecule has 8 heteroatoms. The lowest BCUT2D eigenvalue weighted by atomic mass is 9.78. The van der Waals surface area contributed by atoms with E-state index in [1.807, 2.05) is 12.1 Å². The van der Waals surface area contributed by atoms with Gasteiger partial charge in [0.05, 0.1) is 14.2 Å². The zero-order chi connectivity index (χ0) is 27.7. The molecule has 0 aromatic heterocycles. The Morgan fingerprint density at radius 1 is 0.872 bits per heavy atom.